The van der Waals surface area contributed by atoms with Crippen molar-refractivity contribution in [2.24, 2.45) is 0 Å². The van der Waals surface area contributed by atoms with E-state index in [1.54, 1.807) is 12.1 Å². The normalized spacial score (nSPS) is 11.3. The Balaban J connectivity index is 2.13. The SMILES string of the molecule is CCNCc1ccccc1NC(=O)Cc1ccccc1C(F)(F)F. The van der Waals surface area contributed by atoms with Crippen LogP contribution in [0.1, 0.15) is 23.6 Å². The summed E-state index contributed by atoms with van der Waals surface area (Å²) in [6, 6.07) is 12.3. The molecule has 6 heteroatoms. The third-order valence-corrected chi connectivity index (χ3v) is 3.53. The number of carbonyl (C=O) groups is 1. The van der Waals surface area contributed by atoms with Crippen LogP contribution in [0.2, 0.25) is 0 Å². The van der Waals surface area contributed by atoms with Crippen LogP contribution >= 0.6 is 0 Å². The lowest BCUT2D eigenvalue weighted by Crippen LogP contribution is -2.20. The molecule has 0 heterocycles. The number of nitrogens with one attached hydrogen (secondary N) is 2. The number of rotatable bonds is 6. The van der Waals surface area contributed by atoms with Gasteiger partial charge in [-0.1, -0.05) is 43.3 Å². The highest BCUT2D eigenvalue weighted by molar-refractivity contribution is 5.93. The van der Waals surface area contributed by atoms with Crippen LogP contribution in [0.4, 0.5) is 18.9 Å². The minimum atomic E-state index is -4.47. The first-order valence-corrected chi connectivity index (χ1v) is 7.65. The zero-order valence-electron chi connectivity index (χ0n) is 13.3. The van der Waals surface area contributed by atoms with Crippen LogP contribution in [-0.2, 0) is 23.9 Å². The Morgan fingerprint density at radius 2 is 1.62 bits per heavy atom. The minimum Gasteiger partial charge on any atom is -0.325 e. The summed E-state index contributed by atoms with van der Waals surface area (Å²) < 4.78 is 39.0. The van der Waals surface area contributed by atoms with Crippen LogP contribution in [0.3, 0.4) is 0 Å². The molecule has 0 aliphatic carbocycles. The van der Waals surface area contributed by atoms with Gasteiger partial charge in [0.05, 0.1) is 12.0 Å². The molecule has 2 N–H and O–H groups in total. The summed E-state index contributed by atoms with van der Waals surface area (Å²) in [6.07, 6.45) is -4.80. The van der Waals surface area contributed by atoms with E-state index in [0.717, 1.165) is 18.2 Å². The van der Waals surface area contributed by atoms with Crippen LogP contribution in [-0.4, -0.2) is 12.5 Å². The highest BCUT2D eigenvalue weighted by Crippen LogP contribution is 2.32. The Bertz CT molecular complexity index is 699. The summed E-state index contributed by atoms with van der Waals surface area (Å²) in [6.45, 7) is 3.32. The first-order valence-electron chi connectivity index (χ1n) is 7.65. The molecule has 0 unspecified atom stereocenters. The van der Waals surface area contributed by atoms with Crippen LogP contribution in [0, 0.1) is 0 Å². The van der Waals surface area contributed by atoms with Gasteiger partial charge in [-0.15, -0.1) is 0 Å². The standard InChI is InChI=1S/C18H19F3N2O/c1-2-22-12-14-8-4-6-10-16(14)23-17(24)11-13-7-3-5-9-15(13)18(19,20)21/h3-10,22H,2,11-12H2,1H3,(H,23,24). The molecule has 2 rings (SSSR count). The van der Waals surface area contributed by atoms with Crippen LogP contribution < -0.4 is 10.6 Å². The zero-order valence-corrected chi connectivity index (χ0v) is 13.3. The number of carbonyl (C=O) groups excluding carboxylic acids is 1. The second-order valence-electron chi connectivity index (χ2n) is 5.32. The molecule has 0 bridgehead atoms. The number of halogens is 3. The lowest BCUT2D eigenvalue weighted by molar-refractivity contribution is -0.138. The van der Waals surface area contributed by atoms with Gasteiger partial charge in [0.15, 0.2) is 0 Å². The molecule has 0 aliphatic rings. The van der Waals surface area contributed by atoms with E-state index in [-0.39, 0.29) is 12.0 Å². The van der Waals surface area contributed by atoms with Crippen molar-refractivity contribution in [1.29, 1.82) is 0 Å². The van der Waals surface area contributed by atoms with E-state index in [4.69, 9.17) is 0 Å². The Morgan fingerprint density at radius 1 is 1.00 bits per heavy atom. The van der Waals surface area contributed by atoms with Gasteiger partial charge >= 0.3 is 6.18 Å². The van der Waals surface area contributed by atoms with Crippen molar-refractivity contribution in [2.75, 3.05) is 11.9 Å². The number of alkyl halides is 3. The van der Waals surface area contributed by atoms with Gasteiger partial charge in [0.25, 0.3) is 0 Å². The largest absolute Gasteiger partial charge is 0.416 e. The maximum absolute atomic E-state index is 13.0. The third kappa shape index (κ3) is 4.83. The molecule has 0 saturated carbocycles. The van der Waals surface area contributed by atoms with E-state index < -0.39 is 17.6 Å². The molecule has 0 spiro atoms. The van der Waals surface area contributed by atoms with Gasteiger partial charge in [-0.2, -0.15) is 13.2 Å². The summed E-state index contributed by atoms with van der Waals surface area (Å²) in [5.74, 6) is -0.476. The fraction of sp³-hybridized carbons (Fsp3) is 0.278. The first kappa shape index (κ1) is 18.0. The van der Waals surface area contributed by atoms with E-state index in [0.29, 0.717) is 12.2 Å². The fourth-order valence-corrected chi connectivity index (χ4v) is 2.37. The molecule has 0 aromatic heterocycles. The van der Waals surface area contributed by atoms with Crippen molar-refractivity contribution >= 4 is 11.6 Å². The highest BCUT2D eigenvalue weighted by Gasteiger charge is 2.33. The van der Waals surface area contributed by atoms with E-state index in [1.165, 1.54) is 18.2 Å². The van der Waals surface area contributed by atoms with Crippen molar-refractivity contribution < 1.29 is 18.0 Å². The van der Waals surface area contributed by atoms with Crippen LogP contribution in [0.25, 0.3) is 0 Å². The van der Waals surface area contributed by atoms with Crippen molar-refractivity contribution in [2.45, 2.75) is 26.1 Å². The van der Waals surface area contributed by atoms with E-state index in [9.17, 15) is 18.0 Å². The fourth-order valence-electron chi connectivity index (χ4n) is 2.37. The maximum atomic E-state index is 13.0. The second kappa shape index (κ2) is 7.97. The average Bonchev–Trinajstić information content (AvgIpc) is 2.53. The van der Waals surface area contributed by atoms with Crippen LogP contribution in [0.15, 0.2) is 48.5 Å². The summed E-state index contributed by atoms with van der Waals surface area (Å²) in [5.41, 5.74) is 0.678. The van der Waals surface area contributed by atoms with Crippen molar-refractivity contribution in [3.8, 4) is 0 Å². The van der Waals surface area contributed by atoms with Gasteiger partial charge in [-0.25, -0.2) is 0 Å². The second-order valence-corrected chi connectivity index (χ2v) is 5.32. The van der Waals surface area contributed by atoms with E-state index in [1.807, 2.05) is 19.1 Å². The molecule has 3 nitrogen and oxygen atoms in total. The molecule has 0 aliphatic heterocycles. The molecule has 0 atom stereocenters. The highest BCUT2D eigenvalue weighted by atomic mass is 19.4. The molecule has 2 aromatic rings. The molecular weight excluding hydrogens is 317 g/mol. The molecule has 1 amide bonds. The predicted molar refractivity (Wildman–Crippen MR) is 87.6 cm³/mol. The molecule has 24 heavy (non-hydrogen) atoms. The summed E-state index contributed by atoms with van der Waals surface area (Å²) in [4.78, 5) is 12.2. The number of benzene rings is 2. The number of para-hydroxylation sites is 1. The average molecular weight is 336 g/mol. The maximum Gasteiger partial charge on any atom is 0.416 e. The quantitative estimate of drug-likeness (QED) is 0.837. The zero-order chi connectivity index (χ0) is 17.6. The van der Waals surface area contributed by atoms with Gasteiger partial charge in [0.1, 0.15) is 0 Å². The number of amides is 1. The van der Waals surface area contributed by atoms with Crippen molar-refractivity contribution in [1.82, 2.24) is 5.32 Å². The molecule has 128 valence electrons. The van der Waals surface area contributed by atoms with Crippen molar-refractivity contribution in [3.05, 3.63) is 65.2 Å². The summed E-state index contributed by atoms with van der Waals surface area (Å²) >= 11 is 0. The van der Waals surface area contributed by atoms with Crippen molar-refractivity contribution in [3.63, 3.8) is 0 Å². The van der Waals surface area contributed by atoms with Gasteiger partial charge in [-0.3, -0.25) is 4.79 Å². The van der Waals surface area contributed by atoms with Crippen LogP contribution in [0.5, 0.6) is 0 Å². The van der Waals surface area contributed by atoms with Gasteiger partial charge in [0.2, 0.25) is 5.91 Å². The molecule has 2 aromatic carbocycles. The molecule has 0 saturated heterocycles. The lowest BCUT2D eigenvalue weighted by Gasteiger charge is -2.14. The monoisotopic (exact) mass is 336 g/mol. The van der Waals surface area contributed by atoms with Gasteiger partial charge in [0, 0.05) is 12.2 Å². The molecular formula is C18H19F3N2O. The number of anilines is 1. The topological polar surface area (TPSA) is 41.1 Å². The first-order chi connectivity index (χ1) is 11.4. The summed E-state index contributed by atoms with van der Waals surface area (Å²) in [5, 5.41) is 5.86. The third-order valence-electron chi connectivity index (χ3n) is 3.53. The minimum absolute atomic E-state index is 0.0355. The Kier molecular flexibility index (Phi) is 5.98. The van der Waals surface area contributed by atoms with E-state index in [2.05, 4.69) is 10.6 Å². The Labute approximate surface area is 138 Å². The molecule has 0 radical (unpaired) electrons. The Morgan fingerprint density at radius 3 is 2.29 bits per heavy atom. The molecule has 0 fully saturated rings. The summed E-state index contributed by atoms with van der Waals surface area (Å²) in [7, 11) is 0. The number of hydrogen-bond acceptors (Lipinski definition) is 2. The predicted octanol–water partition coefficient (Wildman–Crippen LogP) is 4.00. The smallest absolute Gasteiger partial charge is 0.325 e. The van der Waals surface area contributed by atoms with Gasteiger partial charge < -0.3 is 10.6 Å². The Hall–Kier alpha value is -2.34. The number of hydrogen-bond donors (Lipinski definition) is 2. The van der Waals surface area contributed by atoms with E-state index >= 15 is 0 Å². The lowest BCUT2D eigenvalue weighted by atomic mass is 10.0. The van der Waals surface area contributed by atoms with Gasteiger partial charge in [-0.05, 0) is 29.8 Å².